The van der Waals surface area contributed by atoms with Gasteiger partial charge in [-0.1, -0.05) is 18.2 Å². The predicted octanol–water partition coefficient (Wildman–Crippen LogP) is 2.26. The average Bonchev–Trinajstić information content (AvgIpc) is 2.49. The number of nitrogens with zero attached hydrogens (tertiary/aromatic N) is 1. The second-order valence-electron chi connectivity index (χ2n) is 5.26. The van der Waals surface area contributed by atoms with Crippen molar-refractivity contribution >= 4 is 5.91 Å². The second kappa shape index (κ2) is 7.29. The monoisotopic (exact) mass is 277 g/mol. The Morgan fingerprint density at radius 1 is 1.35 bits per heavy atom. The van der Waals surface area contributed by atoms with Gasteiger partial charge in [-0.05, 0) is 31.4 Å². The van der Waals surface area contributed by atoms with Crippen LogP contribution in [-0.2, 0) is 9.53 Å². The summed E-state index contributed by atoms with van der Waals surface area (Å²) in [5.74, 6) is 1.22. The highest BCUT2D eigenvalue weighted by molar-refractivity contribution is 5.78. The lowest BCUT2D eigenvalue weighted by molar-refractivity contribution is -0.137. The van der Waals surface area contributed by atoms with Gasteiger partial charge in [0.15, 0.2) is 0 Å². The van der Waals surface area contributed by atoms with E-state index in [-0.39, 0.29) is 11.8 Å². The molecule has 0 atom stereocenters. The smallest absolute Gasteiger partial charge is 0.225 e. The third-order valence-electron chi connectivity index (χ3n) is 3.72. The lowest BCUT2D eigenvalue weighted by Gasteiger charge is -2.26. The molecular formula is C16H23NO3. The zero-order valence-corrected chi connectivity index (χ0v) is 12.3. The minimum absolute atomic E-state index is 0.118. The summed E-state index contributed by atoms with van der Waals surface area (Å²) < 4.78 is 11.0. The molecule has 20 heavy (non-hydrogen) atoms. The molecule has 0 unspecified atom stereocenters. The molecular weight excluding hydrogens is 254 g/mol. The molecule has 1 amide bonds. The van der Waals surface area contributed by atoms with Gasteiger partial charge in [0.2, 0.25) is 5.91 Å². The van der Waals surface area contributed by atoms with E-state index in [0.717, 1.165) is 24.2 Å². The van der Waals surface area contributed by atoms with E-state index in [2.05, 4.69) is 0 Å². The molecule has 110 valence electrons. The normalized spacial score (nSPS) is 15.9. The van der Waals surface area contributed by atoms with Crippen molar-refractivity contribution in [2.24, 2.45) is 5.92 Å². The van der Waals surface area contributed by atoms with Gasteiger partial charge in [-0.3, -0.25) is 4.79 Å². The van der Waals surface area contributed by atoms with Crippen molar-refractivity contribution in [1.29, 1.82) is 0 Å². The number of aryl methyl sites for hydroxylation is 1. The summed E-state index contributed by atoms with van der Waals surface area (Å²) in [6.07, 6.45) is 1.67. The Labute approximate surface area is 120 Å². The van der Waals surface area contributed by atoms with Gasteiger partial charge < -0.3 is 14.4 Å². The molecule has 0 aromatic heterocycles. The van der Waals surface area contributed by atoms with Crippen molar-refractivity contribution in [2.45, 2.75) is 19.8 Å². The first-order chi connectivity index (χ1) is 9.68. The number of ether oxygens (including phenoxy) is 2. The molecule has 1 aliphatic rings. The number of carbonyl (C=O) groups is 1. The Morgan fingerprint density at radius 2 is 2.05 bits per heavy atom. The summed E-state index contributed by atoms with van der Waals surface area (Å²) in [6.45, 7) is 4.56. The van der Waals surface area contributed by atoms with E-state index in [1.807, 2.05) is 38.2 Å². The molecule has 1 heterocycles. The van der Waals surface area contributed by atoms with E-state index in [0.29, 0.717) is 26.4 Å². The molecule has 4 nitrogen and oxygen atoms in total. The van der Waals surface area contributed by atoms with Gasteiger partial charge in [-0.2, -0.15) is 0 Å². The highest BCUT2D eigenvalue weighted by Crippen LogP contribution is 2.18. The second-order valence-corrected chi connectivity index (χ2v) is 5.26. The molecule has 0 radical (unpaired) electrons. The van der Waals surface area contributed by atoms with Crippen LogP contribution < -0.4 is 4.74 Å². The van der Waals surface area contributed by atoms with E-state index in [1.54, 1.807) is 4.90 Å². The third kappa shape index (κ3) is 3.97. The highest BCUT2D eigenvalue weighted by atomic mass is 16.5. The Kier molecular flexibility index (Phi) is 5.41. The fourth-order valence-electron chi connectivity index (χ4n) is 2.38. The Bertz CT molecular complexity index is 441. The van der Waals surface area contributed by atoms with Gasteiger partial charge in [0.1, 0.15) is 12.4 Å². The fraction of sp³-hybridized carbons (Fsp3) is 0.562. The summed E-state index contributed by atoms with van der Waals surface area (Å²) in [5, 5.41) is 0. The topological polar surface area (TPSA) is 38.8 Å². The van der Waals surface area contributed by atoms with Crippen LogP contribution in [0.15, 0.2) is 24.3 Å². The number of benzene rings is 1. The number of hydrogen-bond acceptors (Lipinski definition) is 3. The van der Waals surface area contributed by atoms with Crippen LogP contribution in [0.4, 0.5) is 0 Å². The molecule has 0 N–H and O–H groups in total. The van der Waals surface area contributed by atoms with Crippen molar-refractivity contribution in [1.82, 2.24) is 4.90 Å². The number of hydrogen-bond donors (Lipinski definition) is 0. The van der Waals surface area contributed by atoms with E-state index >= 15 is 0 Å². The maximum Gasteiger partial charge on any atom is 0.225 e. The van der Waals surface area contributed by atoms with Crippen molar-refractivity contribution in [3.63, 3.8) is 0 Å². The third-order valence-corrected chi connectivity index (χ3v) is 3.72. The average molecular weight is 277 g/mol. The van der Waals surface area contributed by atoms with Crippen LogP contribution in [-0.4, -0.2) is 44.2 Å². The molecule has 0 spiro atoms. The maximum absolute atomic E-state index is 12.2. The molecule has 0 bridgehead atoms. The molecule has 1 fully saturated rings. The standard InChI is InChI=1S/C16H23NO3/c1-13-5-3-4-6-15(13)20-12-9-17(2)16(18)14-7-10-19-11-8-14/h3-6,14H,7-12H2,1-2H3. The summed E-state index contributed by atoms with van der Waals surface area (Å²) in [4.78, 5) is 14.0. The molecule has 0 aliphatic carbocycles. The largest absolute Gasteiger partial charge is 0.491 e. The number of amides is 1. The van der Waals surface area contributed by atoms with E-state index in [9.17, 15) is 4.79 Å². The lowest BCUT2D eigenvalue weighted by atomic mass is 9.99. The van der Waals surface area contributed by atoms with Gasteiger partial charge in [0, 0.05) is 26.2 Å². The highest BCUT2D eigenvalue weighted by Gasteiger charge is 2.24. The quantitative estimate of drug-likeness (QED) is 0.828. The molecule has 1 aliphatic heterocycles. The van der Waals surface area contributed by atoms with Crippen LogP contribution in [0.3, 0.4) is 0 Å². The van der Waals surface area contributed by atoms with Crippen LogP contribution in [0.1, 0.15) is 18.4 Å². The van der Waals surface area contributed by atoms with Gasteiger partial charge in [-0.15, -0.1) is 0 Å². The van der Waals surface area contributed by atoms with Crippen LogP contribution in [0.5, 0.6) is 5.75 Å². The Hall–Kier alpha value is -1.55. The van der Waals surface area contributed by atoms with Gasteiger partial charge in [-0.25, -0.2) is 0 Å². The Morgan fingerprint density at radius 3 is 2.75 bits per heavy atom. The summed E-state index contributed by atoms with van der Waals surface area (Å²) in [6, 6.07) is 7.92. The fourth-order valence-corrected chi connectivity index (χ4v) is 2.38. The number of para-hydroxylation sites is 1. The van der Waals surface area contributed by atoms with Crippen molar-refractivity contribution in [3.05, 3.63) is 29.8 Å². The minimum Gasteiger partial charge on any atom is -0.491 e. The van der Waals surface area contributed by atoms with Crippen molar-refractivity contribution in [3.8, 4) is 5.75 Å². The number of rotatable bonds is 5. The number of likely N-dealkylation sites (N-methyl/N-ethyl adjacent to an activating group) is 1. The van der Waals surface area contributed by atoms with E-state index in [4.69, 9.17) is 9.47 Å². The van der Waals surface area contributed by atoms with Crippen molar-refractivity contribution in [2.75, 3.05) is 33.4 Å². The molecule has 1 aromatic rings. The van der Waals surface area contributed by atoms with Gasteiger partial charge in [0.25, 0.3) is 0 Å². The first-order valence-corrected chi connectivity index (χ1v) is 7.19. The molecule has 0 saturated carbocycles. The van der Waals surface area contributed by atoms with Crippen LogP contribution in [0.25, 0.3) is 0 Å². The zero-order chi connectivity index (χ0) is 14.4. The molecule has 1 saturated heterocycles. The van der Waals surface area contributed by atoms with Crippen LogP contribution in [0, 0.1) is 12.8 Å². The summed E-state index contributed by atoms with van der Waals surface area (Å²) in [5.41, 5.74) is 1.12. The van der Waals surface area contributed by atoms with E-state index < -0.39 is 0 Å². The summed E-state index contributed by atoms with van der Waals surface area (Å²) in [7, 11) is 1.85. The first kappa shape index (κ1) is 14.9. The minimum atomic E-state index is 0.118. The zero-order valence-electron chi connectivity index (χ0n) is 12.3. The van der Waals surface area contributed by atoms with Crippen LogP contribution >= 0.6 is 0 Å². The van der Waals surface area contributed by atoms with Crippen molar-refractivity contribution < 1.29 is 14.3 Å². The molecule has 2 rings (SSSR count). The Balaban J connectivity index is 1.75. The van der Waals surface area contributed by atoms with E-state index in [1.165, 1.54) is 0 Å². The lowest BCUT2D eigenvalue weighted by Crippen LogP contribution is -2.38. The number of carbonyl (C=O) groups excluding carboxylic acids is 1. The van der Waals surface area contributed by atoms with Gasteiger partial charge >= 0.3 is 0 Å². The van der Waals surface area contributed by atoms with Gasteiger partial charge in [0.05, 0.1) is 6.54 Å². The predicted molar refractivity (Wildman–Crippen MR) is 77.9 cm³/mol. The SMILES string of the molecule is Cc1ccccc1OCCN(C)C(=O)C1CCOCC1. The molecule has 4 heteroatoms. The maximum atomic E-state index is 12.2. The van der Waals surface area contributed by atoms with Crippen LogP contribution in [0.2, 0.25) is 0 Å². The first-order valence-electron chi connectivity index (χ1n) is 7.19. The summed E-state index contributed by atoms with van der Waals surface area (Å²) >= 11 is 0. The molecule has 1 aromatic carbocycles.